The molecule has 0 saturated carbocycles. The highest BCUT2D eigenvalue weighted by atomic mass is 32.2. The second-order valence-corrected chi connectivity index (χ2v) is 13.6. The number of carbonyl (C=O) groups is 3. The van der Waals surface area contributed by atoms with Crippen LogP contribution in [0.25, 0.3) is 0 Å². The molecule has 2 amide bonds. The molecule has 2 saturated heterocycles. The zero-order valence-corrected chi connectivity index (χ0v) is 28.6. The van der Waals surface area contributed by atoms with Gasteiger partial charge in [0.05, 0.1) is 36.3 Å². The molecule has 0 aliphatic carbocycles. The standard InChI is InChI=1S/C34H47N3O11S/c1-20-8-6-9-23(35-28(41)19-49-34-32(44)31(43)21(2)27(17-38)48-34)10-7-11-24(36-46-18-29(42)37-12-4-3-5-13-37)14-22-15-25(39)16-26(40)30(22)33(45)47-20/h6-7,9,11,15-16,20-21,23,27,31-32,34,38-40,43-44H,3-5,8,10,12-14,17-19H2,1-2H3,(H,35,41)/b9-6+,11-7+,36-24?/t20-,21+,23-,27?,31?,32-,34-/m1/s1. The monoisotopic (exact) mass is 705 g/mol. The van der Waals surface area contributed by atoms with Crippen LogP contribution in [0.4, 0.5) is 0 Å². The summed E-state index contributed by atoms with van der Waals surface area (Å²) in [5, 5.41) is 58.3. The van der Waals surface area contributed by atoms with E-state index in [0.717, 1.165) is 37.1 Å². The average molecular weight is 706 g/mol. The number of oxime groups is 1. The Balaban J connectivity index is 1.50. The molecule has 0 aromatic heterocycles. The summed E-state index contributed by atoms with van der Waals surface area (Å²) >= 11 is 1.01. The third-order valence-electron chi connectivity index (χ3n) is 8.65. The molecule has 2 fully saturated rings. The Morgan fingerprint density at radius 3 is 2.57 bits per heavy atom. The molecule has 49 heavy (non-hydrogen) atoms. The van der Waals surface area contributed by atoms with Gasteiger partial charge < -0.3 is 50.1 Å². The number of fused-ring (bicyclic) bond motifs is 1. The number of phenols is 2. The van der Waals surface area contributed by atoms with Crippen LogP contribution < -0.4 is 5.32 Å². The number of likely N-dealkylation sites (tertiary alicyclic amines) is 1. The van der Waals surface area contributed by atoms with Crippen molar-refractivity contribution in [2.24, 2.45) is 11.1 Å². The Morgan fingerprint density at radius 2 is 1.84 bits per heavy atom. The summed E-state index contributed by atoms with van der Waals surface area (Å²) in [6, 6.07) is 1.87. The minimum Gasteiger partial charge on any atom is -0.508 e. The maximum atomic E-state index is 13.2. The number of aromatic hydroxyl groups is 2. The fourth-order valence-corrected chi connectivity index (χ4v) is 6.83. The van der Waals surface area contributed by atoms with Gasteiger partial charge in [-0.2, -0.15) is 0 Å². The number of rotatable bonds is 8. The average Bonchev–Trinajstić information content (AvgIpc) is 3.06. The van der Waals surface area contributed by atoms with E-state index in [1.807, 2.05) is 0 Å². The zero-order chi connectivity index (χ0) is 35.5. The smallest absolute Gasteiger partial charge is 0.342 e. The molecule has 0 bridgehead atoms. The first-order valence-corrected chi connectivity index (χ1v) is 17.6. The van der Waals surface area contributed by atoms with Crippen molar-refractivity contribution in [3.8, 4) is 11.5 Å². The molecule has 0 radical (unpaired) electrons. The van der Waals surface area contributed by atoms with Gasteiger partial charge in [-0.25, -0.2) is 4.79 Å². The van der Waals surface area contributed by atoms with E-state index in [0.29, 0.717) is 25.9 Å². The molecule has 270 valence electrons. The van der Waals surface area contributed by atoms with Crippen LogP contribution in [-0.2, 0) is 30.3 Å². The molecular formula is C34H47N3O11S. The molecule has 1 aromatic carbocycles. The van der Waals surface area contributed by atoms with E-state index in [-0.39, 0.29) is 59.8 Å². The molecule has 7 atom stereocenters. The van der Waals surface area contributed by atoms with E-state index >= 15 is 0 Å². The Kier molecular flexibility index (Phi) is 14.3. The molecular weight excluding hydrogens is 658 g/mol. The predicted molar refractivity (Wildman–Crippen MR) is 181 cm³/mol. The Labute approximate surface area is 289 Å². The second kappa shape index (κ2) is 18.4. The number of thioether (sulfide) groups is 1. The third kappa shape index (κ3) is 10.9. The van der Waals surface area contributed by atoms with Gasteiger partial charge in [0.15, 0.2) is 6.61 Å². The number of allylic oxidation sites excluding steroid dienone is 1. The summed E-state index contributed by atoms with van der Waals surface area (Å²) in [6.45, 7) is 4.04. The summed E-state index contributed by atoms with van der Waals surface area (Å²) < 4.78 is 11.3. The van der Waals surface area contributed by atoms with Crippen LogP contribution in [0, 0.1) is 5.92 Å². The number of phenolic OH excluding ortho intramolecular Hbond substituents is 2. The fourth-order valence-electron chi connectivity index (χ4n) is 5.85. The van der Waals surface area contributed by atoms with E-state index in [4.69, 9.17) is 14.3 Å². The number of benzene rings is 1. The molecule has 14 nitrogen and oxygen atoms in total. The Bertz CT molecular complexity index is 1400. The van der Waals surface area contributed by atoms with E-state index in [2.05, 4.69) is 10.5 Å². The number of esters is 1. The van der Waals surface area contributed by atoms with Gasteiger partial charge >= 0.3 is 5.97 Å². The number of nitrogens with one attached hydrogen (secondary N) is 1. The summed E-state index contributed by atoms with van der Waals surface area (Å²) in [5.74, 6) is -2.67. The van der Waals surface area contributed by atoms with Crippen LogP contribution in [0.3, 0.4) is 0 Å². The van der Waals surface area contributed by atoms with Crippen molar-refractivity contribution in [1.82, 2.24) is 10.2 Å². The number of aliphatic hydroxyl groups is 3. The Hall–Kier alpha value is -3.63. The van der Waals surface area contributed by atoms with Crippen LogP contribution in [0.2, 0.25) is 0 Å². The molecule has 3 heterocycles. The first kappa shape index (κ1) is 38.2. The van der Waals surface area contributed by atoms with Crippen molar-refractivity contribution >= 4 is 35.3 Å². The number of nitrogens with zero attached hydrogens (tertiary/aromatic N) is 2. The predicted octanol–water partition coefficient (Wildman–Crippen LogP) is 1.77. The van der Waals surface area contributed by atoms with E-state index in [1.54, 1.807) is 43.1 Å². The summed E-state index contributed by atoms with van der Waals surface area (Å²) in [5.41, 5.74) is -0.534. The highest BCUT2D eigenvalue weighted by Gasteiger charge is 2.42. The van der Waals surface area contributed by atoms with Gasteiger partial charge in [-0.15, -0.1) is 11.8 Å². The molecule has 4 rings (SSSR count). The lowest BCUT2D eigenvalue weighted by atomic mass is 9.92. The number of ether oxygens (including phenoxy) is 2. The summed E-state index contributed by atoms with van der Waals surface area (Å²) in [6.07, 6.45) is 6.70. The lowest BCUT2D eigenvalue weighted by molar-refractivity contribution is -0.176. The zero-order valence-electron chi connectivity index (χ0n) is 27.8. The number of piperidine rings is 1. The van der Waals surface area contributed by atoms with Gasteiger partial charge in [-0.05, 0) is 50.3 Å². The molecule has 3 aliphatic rings. The van der Waals surface area contributed by atoms with Gasteiger partial charge in [-0.3, -0.25) is 9.59 Å². The van der Waals surface area contributed by atoms with Gasteiger partial charge in [0.2, 0.25) is 5.91 Å². The lowest BCUT2D eigenvalue weighted by Gasteiger charge is -2.40. The number of hydrogen-bond acceptors (Lipinski definition) is 13. The quantitative estimate of drug-likeness (QED) is 0.130. The van der Waals surface area contributed by atoms with Crippen LogP contribution >= 0.6 is 11.8 Å². The molecule has 3 aliphatic heterocycles. The van der Waals surface area contributed by atoms with E-state index in [9.17, 15) is 39.9 Å². The van der Waals surface area contributed by atoms with Crippen LogP contribution in [-0.4, -0.2) is 122 Å². The van der Waals surface area contributed by atoms with Gasteiger partial charge in [0.25, 0.3) is 5.91 Å². The Morgan fingerprint density at radius 1 is 1.08 bits per heavy atom. The minimum absolute atomic E-state index is 0.0678. The number of amides is 2. The number of aliphatic hydroxyl groups excluding tert-OH is 3. The highest BCUT2D eigenvalue weighted by molar-refractivity contribution is 8.00. The number of hydrogen-bond donors (Lipinski definition) is 6. The fraction of sp³-hybridized carbons (Fsp3) is 0.588. The highest BCUT2D eigenvalue weighted by Crippen LogP contribution is 2.32. The van der Waals surface area contributed by atoms with Crippen molar-refractivity contribution < 1.29 is 54.2 Å². The van der Waals surface area contributed by atoms with Crippen LogP contribution in [0.5, 0.6) is 11.5 Å². The van der Waals surface area contributed by atoms with Crippen molar-refractivity contribution in [3.63, 3.8) is 0 Å². The minimum atomic E-state index is -1.24. The van der Waals surface area contributed by atoms with Gasteiger partial charge in [0, 0.05) is 37.9 Å². The van der Waals surface area contributed by atoms with Crippen molar-refractivity contribution in [1.29, 1.82) is 0 Å². The first-order valence-electron chi connectivity index (χ1n) is 16.6. The normalized spacial score (nSPS) is 30.4. The van der Waals surface area contributed by atoms with Crippen LogP contribution in [0.15, 0.2) is 41.6 Å². The van der Waals surface area contributed by atoms with Crippen LogP contribution in [0.1, 0.15) is 61.9 Å². The van der Waals surface area contributed by atoms with Crippen molar-refractivity contribution in [2.75, 3.05) is 32.1 Å². The lowest BCUT2D eigenvalue weighted by Crippen LogP contribution is -2.53. The SMILES string of the molecule is C[C@H]1C(CO)O[C@H](SCC(=O)N[C@@H]2/C=C/C[C@@H](C)OC(=O)c3c(O)cc(O)cc3CC(=NOCC(=O)N3CCCCC3)/C=C/C2)[C@H](O)C1O. The molecule has 15 heteroatoms. The largest absolute Gasteiger partial charge is 0.508 e. The summed E-state index contributed by atoms with van der Waals surface area (Å²) in [4.78, 5) is 46.0. The molecule has 0 spiro atoms. The first-order chi connectivity index (χ1) is 23.5. The second-order valence-electron chi connectivity index (χ2n) is 12.5. The van der Waals surface area contributed by atoms with Crippen molar-refractivity contribution in [3.05, 3.63) is 47.6 Å². The molecule has 2 unspecified atom stereocenters. The topological polar surface area (TPSA) is 208 Å². The van der Waals surface area contributed by atoms with Gasteiger partial charge in [0.1, 0.15) is 34.7 Å². The third-order valence-corrected chi connectivity index (χ3v) is 9.80. The van der Waals surface area contributed by atoms with E-state index < -0.39 is 53.5 Å². The van der Waals surface area contributed by atoms with E-state index in [1.165, 1.54) is 6.07 Å². The van der Waals surface area contributed by atoms with Gasteiger partial charge in [-0.1, -0.05) is 30.3 Å². The number of carbonyl (C=O) groups excluding carboxylic acids is 3. The maximum Gasteiger partial charge on any atom is 0.342 e. The number of cyclic esters (lactones) is 1. The summed E-state index contributed by atoms with van der Waals surface area (Å²) in [7, 11) is 0. The maximum absolute atomic E-state index is 13.2. The van der Waals surface area contributed by atoms with Crippen molar-refractivity contribution in [2.45, 2.75) is 88.3 Å². The molecule has 1 aromatic rings. The molecule has 6 N–H and O–H groups in total.